The number of rotatable bonds is 7. The van der Waals surface area contributed by atoms with E-state index in [9.17, 15) is 9.18 Å². The van der Waals surface area contributed by atoms with Crippen molar-refractivity contribution in [3.05, 3.63) is 34.1 Å². The summed E-state index contributed by atoms with van der Waals surface area (Å²) in [6.07, 6.45) is 5.19. The van der Waals surface area contributed by atoms with E-state index < -0.39 is 11.4 Å². The van der Waals surface area contributed by atoms with Crippen LogP contribution in [0.25, 0.3) is 10.9 Å². The van der Waals surface area contributed by atoms with E-state index in [0.717, 1.165) is 38.9 Å². The quantitative estimate of drug-likeness (QED) is 0.672. The number of hydrogen-bond acceptors (Lipinski definition) is 4. The molecule has 0 atom stereocenters. The molecule has 7 heteroatoms. The van der Waals surface area contributed by atoms with Crippen LogP contribution in [0.5, 0.6) is 5.75 Å². The normalized spacial score (nSPS) is 17.8. The molecule has 0 bridgehead atoms. The molecule has 0 amide bonds. The smallest absolute Gasteiger partial charge is 0.261 e. The van der Waals surface area contributed by atoms with Crippen LogP contribution >= 0.6 is 11.6 Å². The van der Waals surface area contributed by atoms with Gasteiger partial charge in [0.05, 0.1) is 12.1 Å². The number of H-pyrrole nitrogens is 1. The summed E-state index contributed by atoms with van der Waals surface area (Å²) in [6, 6.07) is 2.98. The number of hydrogen-bond donors (Lipinski definition) is 1. The van der Waals surface area contributed by atoms with Crippen molar-refractivity contribution < 1.29 is 9.13 Å². The summed E-state index contributed by atoms with van der Waals surface area (Å²) < 4.78 is 20.3. The van der Waals surface area contributed by atoms with Crippen LogP contribution in [0.3, 0.4) is 0 Å². The van der Waals surface area contributed by atoms with Gasteiger partial charge in [-0.2, -0.15) is 0 Å². The number of nitrogens with zero attached hydrogens (tertiary/aromatic N) is 2. The third kappa shape index (κ3) is 5.92. The molecule has 1 aliphatic carbocycles. The number of likely N-dealkylation sites (tertiary alicyclic amines) is 1. The lowest BCUT2D eigenvalue weighted by Crippen LogP contribution is -2.36. The highest BCUT2D eigenvalue weighted by Crippen LogP contribution is 2.32. The van der Waals surface area contributed by atoms with Crippen molar-refractivity contribution >= 4 is 22.5 Å². The molecule has 0 spiro atoms. The van der Waals surface area contributed by atoms with Crippen LogP contribution in [-0.4, -0.2) is 47.0 Å². The first-order valence-corrected chi connectivity index (χ1v) is 11.3. The number of piperidine rings is 1. The maximum absolute atomic E-state index is 14.5. The van der Waals surface area contributed by atoms with Crippen molar-refractivity contribution in [2.75, 3.05) is 32.1 Å². The van der Waals surface area contributed by atoms with Crippen LogP contribution < -0.4 is 10.3 Å². The number of aromatic amines is 1. The van der Waals surface area contributed by atoms with Crippen molar-refractivity contribution in [2.45, 2.75) is 46.0 Å². The zero-order chi connectivity index (χ0) is 20.8. The van der Waals surface area contributed by atoms with Crippen molar-refractivity contribution in [2.24, 2.45) is 11.8 Å². The summed E-state index contributed by atoms with van der Waals surface area (Å²) in [5.74, 6) is 2.21. The summed E-state index contributed by atoms with van der Waals surface area (Å²) in [4.78, 5) is 21.8. The monoisotopic (exact) mass is 423 g/mol. The molecule has 1 saturated heterocycles. The van der Waals surface area contributed by atoms with Gasteiger partial charge in [0.25, 0.3) is 5.56 Å². The molecule has 160 valence electrons. The predicted molar refractivity (Wildman–Crippen MR) is 115 cm³/mol. The zero-order valence-corrected chi connectivity index (χ0v) is 18.1. The number of aromatic nitrogens is 2. The number of ether oxygens (including phenoxy) is 1. The fourth-order valence-electron chi connectivity index (χ4n) is 3.73. The fourth-order valence-corrected chi connectivity index (χ4v) is 3.97. The van der Waals surface area contributed by atoms with Gasteiger partial charge >= 0.3 is 0 Å². The second-order valence-electron chi connectivity index (χ2n) is 7.74. The van der Waals surface area contributed by atoms with E-state index in [1.54, 1.807) is 6.07 Å². The minimum absolute atomic E-state index is 0.0104. The molecule has 2 aromatic rings. The molecule has 1 N–H and O–H groups in total. The van der Waals surface area contributed by atoms with Crippen LogP contribution in [0.2, 0.25) is 0 Å². The Labute approximate surface area is 176 Å². The largest absolute Gasteiger partial charge is 0.493 e. The number of alkyl halides is 1. The summed E-state index contributed by atoms with van der Waals surface area (Å²) in [7, 11) is 0. The van der Waals surface area contributed by atoms with E-state index >= 15 is 0 Å². The molecule has 1 aromatic carbocycles. The molecule has 4 rings (SSSR count). The van der Waals surface area contributed by atoms with Gasteiger partial charge in [-0.1, -0.05) is 13.8 Å². The van der Waals surface area contributed by atoms with E-state index in [1.165, 1.54) is 18.9 Å². The van der Waals surface area contributed by atoms with Gasteiger partial charge in [-0.3, -0.25) is 4.79 Å². The van der Waals surface area contributed by atoms with Gasteiger partial charge in [0.1, 0.15) is 22.8 Å². The number of halogens is 2. The first-order chi connectivity index (χ1) is 14.1. The number of benzene rings is 1. The average molecular weight is 424 g/mol. The molecular weight excluding hydrogens is 393 g/mol. The zero-order valence-electron chi connectivity index (χ0n) is 17.3. The van der Waals surface area contributed by atoms with Gasteiger partial charge in [-0.05, 0) is 50.6 Å². The SMILES string of the molecule is CC.O=c1[nH]c(CC2CC2)nc2cc(OCC3CCN(CCCl)CC3)cc(F)c12. The Morgan fingerprint density at radius 3 is 2.59 bits per heavy atom. The van der Waals surface area contributed by atoms with Gasteiger partial charge in [0.15, 0.2) is 0 Å². The molecule has 2 fully saturated rings. The molecule has 5 nitrogen and oxygen atoms in total. The highest BCUT2D eigenvalue weighted by atomic mass is 35.5. The Kier molecular flexibility index (Phi) is 7.90. The van der Waals surface area contributed by atoms with E-state index in [2.05, 4.69) is 14.9 Å². The van der Waals surface area contributed by atoms with Crippen molar-refractivity contribution in [1.29, 1.82) is 0 Å². The van der Waals surface area contributed by atoms with E-state index in [1.807, 2.05) is 13.8 Å². The molecule has 0 unspecified atom stereocenters. The van der Waals surface area contributed by atoms with E-state index in [0.29, 0.717) is 41.4 Å². The van der Waals surface area contributed by atoms with Crippen LogP contribution in [0, 0.1) is 17.7 Å². The number of fused-ring (bicyclic) bond motifs is 1. The Morgan fingerprint density at radius 2 is 1.93 bits per heavy atom. The van der Waals surface area contributed by atoms with Crippen LogP contribution in [0.1, 0.15) is 45.4 Å². The van der Waals surface area contributed by atoms with Gasteiger partial charge < -0.3 is 14.6 Å². The van der Waals surface area contributed by atoms with Crippen molar-refractivity contribution in [3.63, 3.8) is 0 Å². The molecule has 1 saturated carbocycles. The molecule has 0 radical (unpaired) electrons. The molecule has 2 heterocycles. The molecular formula is C22H31ClFN3O2. The van der Waals surface area contributed by atoms with Crippen LogP contribution in [0.15, 0.2) is 16.9 Å². The highest BCUT2D eigenvalue weighted by molar-refractivity contribution is 6.18. The first-order valence-electron chi connectivity index (χ1n) is 10.8. The maximum atomic E-state index is 14.5. The summed E-state index contributed by atoms with van der Waals surface area (Å²) in [6.45, 7) is 7.52. The molecule has 2 aliphatic rings. The van der Waals surface area contributed by atoms with E-state index in [4.69, 9.17) is 16.3 Å². The van der Waals surface area contributed by atoms with Crippen molar-refractivity contribution in [3.8, 4) is 5.75 Å². The van der Waals surface area contributed by atoms with Crippen LogP contribution in [0.4, 0.5) is 4.39 Å². The lowest BCUT2D eigenvalue weighted by atomic mass is 9.98. The van der Waals surface area contributed by atoms with Gasteiger partial charge in [0.2, 0.25) is 0 Å². The highest BCUT2D eigenvalue weighted by Gasteiger charge is 2.23. The van der Waals surface area contributed by atoms with Gasteiger partial charge in [-0.25, -0.2) is 9.37 Å². The fraction of sp³-hybridized carbons (Fsp3) is 0.636. The Balaban J connectivity index is 0.00000117. The lowest BCUT2D eigenvalue weighted by molar-refractivity contribution is 0.146. The topological polar surface area (TPSA) is 58.2 Å². The average Bonchev–Trinajstić information content (AvgIpc) is 3.52. The molecule has 29 heavy (non-hydrogen) atoms. The third-order valence-electron chi connectivity index (χ3n) is 5.56. The minimum Gasteiger partial charge on any atom is -0.493 e. The Bertz CT molecular complexity index is 861. The van der Waals surface area contributed by atoms with Gasteiger partial charge in [-0.15, -0.1) is 11.6 Å². The molecule has 1 aromatic heterocycles. The maximum Gasteiger partial charge on any atom is 0.261 e. The standard InChI is InChI=1S/C20H25ClFN3O2.C2H6/c21-5-8-25-6-3-14(4-7-25)12-27-15-10-16(22)19-17(11-15)23-18(24-20(19)26)9-13-1-2-13;1-2/h10-11,13-14H,1-9,12H2,(H,23,24,26);1-2H3. The lowest BCUT2D eigenvalue weighted by Gasteiger charge is -2.31. The second-order valence-corrected chi connectivity index (χ2v) is 8.12. The Morgan fingerprint density at radius 1 is 1.21 bits per heavy atom. The Hall–Kier alpha value is -1.66. The van der Waals surface area contributed by atoms with Gasteiger partial charge in [0, 0.05) is 31.0 Å². The summed E-state index contributed by atoms with van der Waals surface area (Å²) in [5, 5.41) is 0.0104. The predicted octanol–water partition coefficient (Wildman–Crippen LogP) is 4.37. The summed E-state index contributed by atoms with van der Waals surface area (Å²) >= 11 is 5.80. The first kappa shape index (κ1) is 22.0. The van der Waals surface area contributed by atoms with Crippen LogP contribution in [-0.2, 0) is 6.42 Å². The molecule has 1 aliphatic heterocycles. The second kappa shape index (κ2) is 10.4. The summed E-state index contributed by atoms with van der Waals surface area (Å²) in [5.41, 5.74) is -0.0345. The third-order valence-corrected chi connectivity index (χ3v) is 5.72. The number of nitrogens with one attached hydrogen (secondary N) is 1. The van der Waals surface area contributed by atoms with Crippen molar-refractivity contribution in [1.82, 2.24) is 14.9 Å². The minimum atomic E-state index is -0.578. The van der Waals surface area contributed by atoms with E-state index in [-0.39, 0.29) is 5.39 Å².